The van der Waals surface area contributed by atoms with Gasteiger partial charge in [-0.05, 0) is 54.7 Å². The summed E-state index contributed by atoms with van der Waals surface area (Å²) in [4.78, 5) is 29.2. The minimum absolute atomic E-state index is 0.00707. The lowest BCUT2D eigenvalue weighted by atomic mass is 10.0. The molecule has 1 N–H and O–H groups in total. The minimum atomic E-state index is -3.67. The fourth-order valence-corrected chi connectivity index (χ4v) is 6.36. The van der Waals surface area contributed by atoms with Crippen LogP contribution in [0.4, 0.5) is 5.69 Å². The van der Waals surface area contributed by atoms with Gasteiger partial charge in [0, 0.05) is 53.1 Å². The van der Waals surface area contributed by atoms with Crippen molar-refractivity contribution in [3.63, 3.8) is 0 Å². The molecule has 0 unspecified atom stereocenters. The zero-order chi connectivity index (χ0) is 31.7. The Morgan fingerprint density at radius 3 is 2.19 bits per heavy atom. The Balaban J connectivity index is 1.94. The van der Waals surface area contributed by atoms with E-state index in [1.165, 1.54) is 9.21 Å². The quantitative estimate of drug-likeness (QED) is 0.203. The molecule has 0 heterocycles. The van der Waals surface area contributed by atoms with Crippen LogP contribution in [0.15, 0.2) is 66.7 Å². The maximum atomic E-state index is 14.0. The molecular weight excluding hydrogens is 629 g/mol. The highest BCUT2D eigenvalue weighted by Gasteiger charge is 2.31. The van der Waals surface area contributed by atoms with Crippen LogP contribution in [0.25, 0.3) is 0 Å². The Hall–Kier alpha value is -2.78. The Labute approximate surface area is 270 Å². The molecule has 3 aromatic rings. The van der Waals surface area contributed by atoms with E-state index in [1.807, 2.05) is 44.2 Å². The SMILES string of the molecule is Cc1ccc(Cl)cc1N(CCCC(=O)N(Cc1c(Cl)cccc1Cl)[C@H](Cc1ccccc1)C(=O)NCC(C)C)S(C)(=O)=O. The highest BCUT2D eigenvalue weighted by Crippen LogP contribution is 2.29. The van der Waals surface area contributed by atoms with Crippen LogP contribution in [0.3, 0.4) is 0 Å². The number of nitrogens with one attached hydrogen (secondary N) is 1. The topological polar surface area (TPSA) is 86.8 Å². The molecule has 0 saturated heterocycles. The number of benzene rings is 3. The second-order valence-electron chi connectivity index (χ2n) is 10.9. The second-order valence-corrected chi connectivity index (χ2v) is 14.1. The van der Waals surface area contributed by atoms with Gasteiger partial charge in [-0.15, -0.1) is 0 Å². The average molecular weight is 667 g/mol. The lowest BCUT2D eigenvalue weighted by molar-refractivity contribution is -0.141. The molecule has 1 atom stereocenters. The lowest BCUT2D eigenvalue weighted by Gasteiger charge is -2.32. The van der Waals surface area contributed by atoms with Gasteiger partial charge in [0.05, 0.1) is 11.9 Å². The average Bonchev–Trinajstić information content (AvgIpc) is 2.94. The Morgan fingerprint density at radius 2 is 1.58 bits per heavy atom. The fourth-order valence-electron chi connectivity index (χ4n) is 4.66. The molecule has 0 aromatic heterocycles. The van der Waals surface area contributed by atoms with E-state index in [0.717, 1.165) is 17.4 Å². The summed E-state index contributed by atoms with van der Waals surface area (Å²) >= 11 is 19.2. The third-order valence-corrected chi connectivity index (χ3v) is 9.06. The number of rotatable bonds is 14. The van der Waals surface area contributed by atoms with Crippen molar-refractivity contribution in [1.29, 1.82) is 0 Å². The van der Waals surface area contributed by atoms with Gasteiger partial charge in [-0.3, -0.25) is 13.9 Å². The van der Waals surface area contributed by atoms with Crippen LogP contribution >= 0.6 is 34.8 Å². The molecule has 7 nitrogen and oxygen atoms in total. The molecule has 43 heavy (non-hydrogen) atoms. The minimum Gasteiger partial charge on any atom is -0.354 e. The number of sulfonamides is 1. The van der Waals surface area contributed by atoms with Crippen molar-refractivity contribution in [2.45, 2.75) is 52.6 Å². The van der Waals surface area contributed by atoms with Crippen LogP contribution in [0.1, 0.15) is 43.4 Å². The Morgan fingerprint density at radius 1 is 0.930 bits per heavy atom. The van der Waals surface area contributed by atoms with E-state index >= 15 is 0 Å². The normalized spacial score (nSPS) is 12.2. The zero-order valence-corrected chi connectivity index (χ0v) is 27.9. The molecule has 0 fully saturated rings. The fraction of sp³-hybridized carbons (Fsp3) is 0.375. The molecule has 3 rings (SSSR count). The van der Waals surface area contributed by atoms with Gasteiger partial charge < -0.3 is 10.2 Å². The van der Waals surface area contributed by atoms with Crippen LogP contribution < -0.4 is 9.62 Å². The number of carbonyl (C=O) groups is 2. The van der Waals surface area contributed by atoms with Crippen molar-refractivity contribution in [1.82, 2.24) is 10.2 Å². The Bertz CT molecular complexity index is 1500. The standard InChI is InChI=1S/C32H38Cl3N3O4S/c1-22(2)20-36-32(40)30(18-24-10-6-5-7-11-24)37(21-26-27(34)12-8-13-28(26)35)31(39)14-9-17-38(43(4,41)42)29-19-25(33)16-15-23(29)3/h5-8,10-13,15-16,19,22,30H,9,14,17-18,20-21H2,1-4H3,(H,36,40)/t30-/m1/s1. The van der Waals surface area contributed by atoms with Crippen LogP contribution in [0.2, 0.25) is 15.1 Å². The van der Waals surface area contributed by atoms with Crippen LogP contribution in [-0.2, 0) is 32.6 Å². The van der Waals surface area contributed by atoms with Crippen LogP contribution in [0.5, 0.6) is 0 Å². The summed E-state index contributed by atoms with van der Waals surface area (Å²) in [5.41, 5.74) is 2.61. The summed E-state index contributed by atoms with van der Waals surface area (Å²) < 4.78 is 26.8. The van der Waals surface area contributed by atoms with Crippen molar-refractivity contribution in [3.05, 3.63) is 98.5 Å². The second kappa shape index (κ2) is 15.8. The number of nitrogens with zero attached hydrogens (tertiary/aromatic N) is 2. The van der Waals surface area contributed by atoms with Crippen molar-refractivity contribution >= 4 is 62.3 Å². The van der Waals surface area contributed by atoms with Gasteiger partial charge in [-0.2, -0.15) is 0 Å². The van der Waals surface area contributed by atoms with E-state index in [9.17, 15) is 18.0 Å². The maximum absolute atomic E-state index is 14.0. The summed E-state index contributed by atoms with van der Waals surface area (Å²) in [6, 6.07) is 18.7. The van der Waals surface area contributed by atoms with E-state index in [0.29, 0.717) is 32.9 Å². The third kappa shape index (κ3) is 10.1. The first-order valence-corrected chi connectivity index (χ1v) is 17.0. The first kappa shape index (κ1) is 34.7. The molecular formula is C32H38Cl3N3O4S. The molecule has 0 aliphatic carbocycles. The van der Waals surface area contributed by atoms with Crippen molar-refractivity contribution in [3.8, 4) is 0 Å². The number of aryl methyl sites for hydroxylation is 1. The first-order chi connectivity index (χ1) is 20.3. The molecule has 3 aromatic carbocycles. The Kier molecular flexibility index (Phi) is 12.8. The third-order valence-electron chi connectivity index (χ3n) is 6.94. The van der Waals surface area contributed by atoms with Gasteiger partial charge >= 0.3 is 0 Å². The van der Waals surface area contributed by atoms with Crippen molar-refractivity contribution in [2.75, 3.05) is 23.7 Å². The van der Waals surface area contributed by atoms with E-state index in [1.54, 1.807) is 43.3 Å². The summed E-state index contributed by atoms with van der Waals surface area (Å²) in [6.45, 7) is 6.29. The number of carbonyl (C=O) groups excluding carboxylic acids is 2. The summed E-state index contributed by atoms with van der Waals surface area (Å²) in [7, 11) is -3.67. The largest absolute Gasteiger partial charge is 0.354 e. The van der Waals surface area contributed by atoms with E-state index in [4.69, 9.17) is 34.8 Å². The number of hydrogen-bond donors (Lipinski definition) is 1. The number of halogens is 3. The molecule has 0 saturated carbocycles. The van der Waals surface area contributed by atoms with Gasteiger partial charge in [0.1, 0.15) is 6.04 Å². The summed E-state index contributed by atoms with van der Waals surface area (Å²) in [5.74, 6) is -0.408. The highest BCUT2D eigenvalue weighted by molar-refractivity contribution is 7.92. The monoisotopic (exact) mass is 665 g/mol. The zero-order valence-electron chi connectivity index (χ0n) is 24.8. The molecule has 0 spiro atoms. The molecule has 11 heteroatoms. The van der Waals surface area contributed by atoms with E-state index in [2.05, 4.69) is 5.32 Å². The molecule has 0 radical (unpaired) electrons. The summed E-state index contributed by atoms with van der Waals surface area (Å²) in [5, 5.41) is 4.15. The van der Waals surface area contributed by atoms with Gasteiger partial charge in [-0.25, -0.2) is 8.42 Å². The van der Waals surface area contributed by atoms with Gasteiger partial charge in [0.25, 0.3) is 0 Å². The van der Waals surface area contributed by atoms with Crippen LogP contribution in [-0.4, -0.2) is 50.5 Å². The molecule has 0 aliphatic rings. The smallest absolute Gasteiger partial charge is 0.243 e. The number of hydrogen-bond acceptors (Lipinski definition) is 4. The predicted molar refractivity (Wildman–Crippen MR) is 176 cm³/mol. The highest BCUT2D eigenvalue weighted by atomic mass is 35.5. The van der Waals surface area contributed by atoms with Gasteiger partial charge in [-0.1, -0.05) is 91.1 Å². The van der Waals surface area contributed by atoms with Gasteiger partial charge in [0.15, 0.2) is 0 Å². The van der Waals surface area contributed by atoms with Gasteiger partial charge in [0.2, 0.25) is 21.8 Å². The molecule has 2 amide bonds. The molecule has 0 aliphatic heterocycles. The predicted octanol–water partition coefficient (Wildman–Crippen LogP) is 6.91. The maximum Gasteiger partial charge on any atom is 0.243 e. The lowest BCUT2D eigenvalue weighted by Crippen LogP contribution is -2.51. The van der Waals surface area contributed by atoms with Crippen molar-refractivity contribution in [2.24, 2.45) is 5.92 Å². The van der Waals surface area contributed by atoms with E-state index in [-0.39, 0.29) is 50.1 Å². The first-order valence-electron chi connectivity index (χ1n) is 14.1. The summed E-state index contributed by atoms with van der Waals surface area (Å²) in [6.07, 6.45) is 1.58. The molecule has 232 valence electrons. The van der Waals surface area contributed by atoms with Crippen molar-refractivity contribution < 1.29 is 18.0 Å². The van der Waals surface area contributed by atoms with Crippen LogP contribution in [0, 0.1) is 12.8 Å². The van der Waals surface area contributed by atoms with E-state index < -0.39 is 16.1 Å². The number of anilines is 1. The molecule has 0 bridgehead atoms. The number of amides is 2.